The standard InChI is InChI=1S/C82H160O17P2/c1-7-9-11-13-15-17-19-20-21-22-23-24-27-31-36-42-48-54-60-66-81(86)98-78(71-93-80(85)65-59-53-47-41-35-30-28-25-26-29-33-38-44-50-56-62-74(3)4)73-97-101(90,91)95-69-76(83)68-94-100(88,89)96-72-77(70-92-79(84)64-58-52-46-40-18-16-14-12-10-8-2)99-82(87)67-61-55-49-43-37-32-34-39-45-51-57-63-75(5)6/h74-78,83H,7-73H2,1-6H3,(H,88,89)(H,90,91)/t76-,77+,78+/m0/s1. The summed E-state index contributed by atoms with van der Waals surface area (Å²) < 4.78 is 68.7. The van der Waals surface area contributed by atoms with Crippen LogP contribution < -0.4 is 0 Å². The number of unbranched alkanes of at least 4 members (excludes halogenated alkanes) is 51. The van der Waals surface area contributed by atoms with Crippen LogP contribution >= 0.6 is 15.6 Å². The molecule has 0 spiro atoms. The smallest absolute Gasteiger partial charge is 0.462 e. The molecule has 0 amide bonds. The van der Waals surface area contributed by atoms with Gasteiger partial charge >= 0.3 is 39.5 Å². The van der Waals surface area contributed by atoms with Crippen LogP contribution in [0, 0.1) is 11.8 Å². The molecule has 600 valence electrons. The van der Waals surface area contributed by atoms with Crippen LogP contribution in [0.3, 0.4) is 0 Å². The first-order valence-electron chi connectivity index (χ1n) is 42.5. The molecule has 0 saturated heterocycles. The van der Waals surface area contributed by atoms with E-state index >= 15 is 0 Å². The van der Waals surface area contributed by atoms with Crippen molar-refractivity contribution in [2.45, 2.75) is 452 Å². The van der Waals surface area contributed by atoms with Crippen molar-refractivity contribution in [1.82, 2.24) is 0 Å². The van der Waals surface area contributed by atoms with Gasteiger partial charge in [0.25, 0.3) is 0 Å². The lowest BCUT2D eigenvalue weighted by Crippen LogP contribution is -2.30. The molecule has 0 saturated carbocycles. The van der Waals surface area contributed by atoms with Gasteiger partial charge in [0.15, 0.2) is 12.2 Å². The van der Waals surface area contributed by atoms with Crippen molar-refractivity contribution in [1.29, 1.82) is 0 Å². The van der Waals surface area contributed by atoms with Crippen LogP contribution in [0.15, 0.2) is 0 Å². The number of ether oxygens (including phenoxy) is 4. The fourth-order valence-corrected chi connectivity index (χ4v) is 14.3. The summed E-state index contributed by atoms with van der Waals surface area (Å²) in [6, 6.07) is 0. The Kier molecular flexibility index (Phi) is 72.2. The average molecular weight is 1480 g/mol. The molecular formula is C82H160O17P2. The Labute approximate surface area is 619 Å². The van der Waals surface area contributed by atoms with E-state index in [1.54, 1.807) is 0 Å². The van der Waals surface area contributed by atoms with Crippen molar-refractivity contribution < 1.29 is 80.2 Å². The molecule has 0 heterocycles. The summed E-state index contributed by atoms with van der Waals surface area (Å²) >= 11 is 0. The van der Waals surface area contributed by atoms with Gasteiger partial charge < -0.3 is 33.8 Å². The second-order valence-corrected chi connectivity index (χ2v) is 33.4. The van der Waals surface area contributed by atoms with E-state index in [2.05, 4.69) is 41.5 Å². The number of esters is 4. The molecule has 0 aliphatic carbocycles. The summed E-state index contributed by atoms with van der Waals surface area (Å²) in [5.41, 5.74) is 0. The van der Waals surface area contributed by atoms with Crippen molar-refractivity contribution in [2.24, 2.45) is 11.8 Å². The van der Waals surface area contributed by atoms with E-state index in [0.717, 1.165) is 102 Å². The van der Waals surface area contributed by atoms with Crippen molar-refractivity contribution in [3.8, 4) is 0 Å². The molecule has 0 aromatic rings. The van der Waals surface area contributed by atoms with Crippen LogP contribution in [0.2, 0.25) is 0 Å². The number of hydrogen-bond acceptors (Lipinski definition) is 15. The van der Waals surface area contributed by atoms with Crippen molar-refractivity contribution in [3.05, 3.63) is 0 Å². The largest absolute Gasteiger partial charge is 0.472 e. The quantitative estimate of drug-likeness (QED) is 0.0222. The topological polar surface area (TPSA) is 237 Å². The number of carbonyl (C=O) groups excluding carboxylic acids is 4. The Morgan fingerprint density at radius 3 is 0.673 bits per heavy atom. The fraction of sp³-hybridized carbons (Fsp3) is 0.951. The van der Waals surface area contributed by atoms with E-state index in [9.17, 15) is 43.2 Å². The lowest BCUT2D eigenvalue weighted by molar-refractivity contribution is -0.161. The van der Waals surface area contributed by atoms with Gasteiger partial charge in [-0.1, -0.05) is 382 Å². The number of phosphoric ester groups is 2. The van der Waals surface area contributed by atoms with E-state index < -0.39 is 97.5 Å². The van der Waals surface area contributed by atoms with Crippen LogP contribution in [0.25, 0.3) is 0 Å². The number of aliphatic hydroxyl groups excluding tert-OH is 1. The lowest BCUT2D eigenvalue weighted by Gasteiger charge is -2.21. The SMILES string of the molecule is CCCCCCCCCCCCCCCCCCCCCC(=O)O[C@H](COC(=O)CCCCCCCCCCCCCCCCCC(C)C)COP(=O)(O)OC[C@@H](O)COP(=O)(O)OC[C@@H](COC(=O)CCCCCCCCCCCC)OC(=O)CCCCCCCCCCCCCC(C)C. The van der Waals surface area contributed by atoms with Crippen LogP contribution in [0.4, 0.5) is 0 Å². The Morgan fingerprint density at radius 2 is 0.455 bits per heavy atom. The number of aliphatic hydroxyl groups is 1. The molecule has 17 nitrogen and oxygen atoms in total. The molecule has 0 fully saturated rings. The minimum Gasteiger partial charge on any atom is -0.462 e. The molecule has 0 radical (unpaired) electrons. The van der Waals surface area contributed by atoms with Crippen molar-refractivity contribution in [2.75, 3.05) is 39.6 Å². The molecule has 3 N–H and O–H groups in total. The normalized spacial score (nSPS) is 13.9. The monoisotopic (exact) mass is 1480 g/mol. The average Bonchev–Trinajstić information content (AvgIpc) is 0.921. The second kappa shape index (κ2) is 73.6. The fourth-order valence-electron chi connectivity index (χ4n) is 12.7. The first kappa shape index (κ1) is 99.1. The summed E-state index contributed by atoms with van der Waals surface area (Å²) in [6.45, 7) is 9.66. The van der Waals surface area contributed by atoms with Gasteiger partial charge in [-0.2, -0.15) is 0 Å². The molecule has 0 bridgehead atoms. The van der Waals surface area contributed by atoms with Gasteiger partial charge in [-0.05, 0) is 37.5 Å². The second-order valence-electron chi connectivity index (χ2n) is 30.5. The number of hydrogen-bond donors (Lipinski definition) is 3. The minimum atomic E-state index is -4.96. The zero-order valence-corrected chi connectivity index (χ0v) is 68.0. The van der Waals surface area contributed by atoms with E-state index in [-0.39, 0.29) is 25.7 Å². The zero-order valence-electron chi connectivity index (χ0n) is 66.2. The molecule has 2 unspecified atom stereocenters. The molecule has 0 aliphatic rings. The Morgan fingerprint density at radius 1 is 0.267 bits per heavy atom. The van der Waals surface area contributed by atoms with Crippen molar-refractivity contribution >= 4 is 39.5 Å². The van der Waals surface area contributed by atoms with Gasteiger partial charge in [-0.15, -0.1) is 0 Å². The third kappa shape index (κ3) is 76.1. The first-order valence-corrected chi connectivity index (χ1v) is 45.5. The summed E-state index contributed by atoms with van der Waals surface area (Å²) in [6.07, 6.45) is 63.8. The molecule has 101 heavy (non-hydrogen) atoms. The molecular weight excluding hydrogens is 1320 g/mol. The van der Waals surface area contributed by atoms with Gasteiger partial charge in [-0.3, -0.25) is 37.3 Å². The van der Waals surface area contributed by atoms with Gasteiger partial charge in [0.2, 0.25) is 0 Å². The van der Waals surface area contributed by atoms with Gasteiger partial charge in [0.05, 0.1) is 26.4 Å². The van der Waals surface area contributed by atoms with Gasteiger partial charge in [0.1, 0.15) is 19.3 Å². The maximum absolute atomic E-state index is 13.1. The Bertz CT molecular complexity index is 1940. The van der Waals surface area contributed by atoms with E-state index in [1.807, 2.05) is 0 Å². The van der Waals surface area contributed by atoms with Crippen LogP contribution in [-0.4, -0.2) is 96.7 Å². The maximum Gasteiger partial charge on any atom is 0.472 e. The predicted molar refractivity (Wildman–Crippen MR) is 414 cm³/mol. The lowest BCUT2D eigenvalue weighted by atomic mass is 10.0. The summed E-state index contributed by atoms with van der Waals surface area (Å²) in [7, 11) is -9.92. The van der Waals surface area contributed by atoms with Crippen molar-refractivity contribution in [3.63, 3.8) is 0 Å². The third-order valence-electron chi connectivity index (χ3n) is 19.2. The molecule has 19 heteroatoms. The number of phosphoric acid groups is 2. The van der Waals surface area contributed by atoms with Gasteiger partial charge in [-0.25, -0.2) is 9.13 Å². The Balaban J connectivity index is 5.23. The van der Waals surface area contributed by atoms with Crippen LogP contribution in [-0.2, 0) is 65.4 Å². The highest BCUT2D eigenvalue weighted by atomic mass is 31.2. The number of carbonyl (C=O) groups is 4. The molecule has 0 aromatic carbocycles. The molecule has 0 rings (SSSR count). The van der Waals surface area contributed by atoms with Crippen LogP contribution in [0.1, 0.15) is 433 Å². The predicted octanol–water partition coefficient (Wildman–Crippen LogP) is 24.7. The molecule has 5 atom stereocenters. The van der Waals surface area contributed by atoms with E-state index in [0.29, 0.717) is 25.7 Å². The Hall–Kier alpha value is -1.94. The van der Waals surface area contributed by atoms with Crippen LogP contribution in [0.5, 0.6) is 0 Å². The molecule has 0 aliphatic heterocycles. The highest BCUT2D eigenvalue weighted by Crippen LogP contribution is 2.45. The summed E-state index contributed by atoms with van der Waals surface area (Å²) in [5.74, 6) is -0.535. The summed E-state index contributed by atoms with van der Waals surface area (Å²) in [4.78, 5) is 73.0. The molecule has 0 aromatic heterocycles. The van der Waals surface area contributed by atoms with Gasteiger partial charge in [0, 0.05) is 25.7 Å². The van der Waals surface area contributed by atoms with E-state index in [4.69, 9.17) is 37.0 Å². The third-order valence-corrected chi connectivity index (χ3v) is 21.1. The highest BCUT2D eigenvalue weighted by molar-refractivity contribution is 7.47. The minimum absolute atomic E-state index is 0.107. The first-order chi connectivity index (χ1) is 48.9. The highest BCUT2D eigenvalue weighted by Gasteiger charge is 2.30. The summed E-state index contributed by atoms with van der Waals surface area (Å²) in [5, 5.41) is 10.6. The zero-order chi connectivity index (χ0) is 74.2. The number of rotatable bonds is 81. The van der Waals surface area contributed by atoms with E-state index in [1.165, 1.54) is 250 Å². The maximum atomic E-state index is 13.1.